The number of rotatable bonds is 9. The quantitative estimate of drug-likeness (QED) is 0.522. The fourth-order valence-corrected chi connectivity index (χ4v) is 1.23. The van der Waals surface area contributed by atoms with Gasteiger partial charge in [-0.1, -0.05) is 39.0 Å². The van der Waals surface area contributed by atoms with Gasteiger partial charge in [0.25, 0.3) is 0 Å². The minimum atomic E-state index is 0.260. The third-order valence-corrected chi connectivity index (χ3v) is 2.00. The molecule has 0 bridgehead atoms. The van der Waals surface area contributed by atoms with Gasteiger partial charge >= 0.3 is 0 Å². The lowest BCUT2D eigenvalue weighted by Crippen LogP contribution is -2.19. The molecule has 0 heterocycles. The maximum Gasteiger partial charge on any atom is 0.0555 e. The maximum absolute atomic E-state index is 8.48. The van der Waals surface area contributed by atoms with Crippen molar-refractivity contribution < 1.29 is 5.11 Å². The third-order valence-electron chi connectivity index (χ3n) is 2.00. The smallest absolute Gasteiger partial charge is 0.0555 e. The van der Waals surface area contributed by atoms with E-state index in [1.165, 1.54) is 38.5 Å². The molecule has 0 aliphatic heterocycles. The zero-order valence-electron chi connectivity index (χ0n) is 8.31. The van der Waals surface area contributed by atoms with Gasteiger partial charge in [0.15, 0.2) is 0 Å². The number of hydrogen-bond donors (Lipinski definition) is 2. The van der Waals surface area contributed by atoms with E-state index in [2.05, 4.69) is 12.2 Å². The van der Waals surface area contributed by atoms with Crippen LogP contribution in [0.15, 0.2) is 0 Å². The molecule has 0 spiro atoms. The second-order valence-electron chi connectivity index (χ2n) is 3.24. The van der Waals surface area contributed by atoms with Gasteiger partial charge in [0.2, 0.25) is 0 Å². The Hall–Kier alpha value is -0.0800. The molecule has 0 radical (unpaired) electrons. The first kappa shape index (κ1) is 11.9. The van der Waals surface area contributed by atoms with Crippen LogP contribution in [-0.2, 0) is 0 Å². The standard InChI is InChI=1S/C10H23NO/c1-2-3-4-5-6-7-8-11-9-10-12/h11-12H,2-10H2,1H3. The van der Waals surface area contributed by atoms with Crippen LogP contribution < -0.4 is 5.32 Å². The molecule has 0 fully saturated rings. The minimum Gasteiger partial charge on any atom is -0.395 e. The number of hydrogen-bond acceptors (Lipinski definition) is 2. The van der Waals surface area contributed by atoms with E-state index < -0.39 is 0 Å². The van der Waals surface area contributed by atoms with Crippen LogP contribution in [0.3, 0.4) is 0 Å². The van der Waals surface area contributed by atoms with Gasteiger partial charge < -0.3 is 10.4 Å². The molecule has 0 aromatic heterocycles. The number of unbranched alkanes of at least 4 members (excludes halogenated alkanes) is 5. The van der Waals surface area contributed by atoms with Gasteiger partial charge in [0, 0.05) is 6.54 Å². The highest BCUT2D eigenvalue weighted by atomic mass is 16.3. The van der Waals surface area contributed by atoms with Crippen molar-refractivity contribution in [3.05, 3.63) is 0 Å². The molecule has 0 aromatic rings. The molecule has 0 rings (SSSR count). The molecule has 2 N–H and O–H groups in total. The molecule has 0 saturated heterocycles. The predicted octanol–water partition coefficient (Wildman–Crippen LogP) is 1.93. The Bertz CT molecular complexity index is 66.2. The summed E-state index contributed by atoms with van der Waals surface area (Å²) in [5.74, 6) is 0. The molecule has 74 valence electrons. The minimum absolute atomic E-state index is 0.260. The Labute approximate surface area is 76.4 Å². The topological polar surface area (TPSA) is 32.3 Å². The van der Waals surface area contributed by atoms with Crippen LogP contribution >= 0.6 is 0 Å². The lowest BCUT2D eigenvalue weighted by atomic mass is 10.1. The summed E-state index contributed by atoms with van der Waals surface area (Å²) in [6.07, 6.45) is 8.04. The first-order valence-corrected chi connectivity index (χ1v) is 5.23. The van der Waals surface area contributed by atoms with Crippen LogP contribution in [0.5, 0.6) is 0 Å². The summed E-state index contributed by atoms with van der Waals surface area (Å²) in [7, 11) is 0. The summed E-state index contributed by atoms with van der Waals surface area (Å²) in [4.78, 5) is 0. The first-order valence-electron chi connectivity index (χ1n) is 5.23. The SMILES string of the molecule is CCCCCCCCNCCO. The Morgan fingerprint density at radius 1 is 0.917 bits per heavy atom. The normalized spacial score (nSPS) is 10.5. The van der Waals surface area contributed by atoms with Gasteiger partial charge in [-0.2, -0.15) is 0 Å². The summed E-state index contributed by atoms with van der Waals surface area (Å²) in [5.41, 5.74) is 0. The van der Waals surface area contributed by atoms with Crippen molar-refractivity contribution in [3.63, 3.8) is 0 Å². The van der Waals surface area contributed by atoms with Gasteiger partial charge in [0.05, 0.1) is 6.61 Å². The van der Waals surface area contributed by atoms with Crippen molar-refractivity contribution in [1.82, 2.24) is 5.32 Å². The molecule has 0 aliphatic carbocycles. The van der Waals surface area contributed by atoms with Gasteiger partial charge in [-0.15, -0.1) is 0 Å². The fourth-order valence-electron chi connectivity index (χ4n) is 1.23. The first-order chi connectivity index (χ1) is 5.91. The molecular weight excluding hydrogens is 150 g/mol. The van der Waals surface area contributed by atoms with E-state index in [0.29, 0.717) is 0 Å². The Morgan fingerprint density at radius 3 is 2.25 bits per heavy atom. The average Bonchev–Trinajstić information content (AvgIpc) is 2.10. The van der Waals surface area contributed by atoms with Crippen LogP contribution in [0.4, 0.5) is 0 Å². The number of nitrogens with one attached hydrogen (secondary N) is 1. The Kier molecular flexibility index (Phi) is 10.8. The number of aliphatic hydroxyl groups is 1. The zero-order valence-corrected chi connectivity index (χ0v) is 8.31. The maximum atomic E-state index is 8.48. The highest BCUT2D eigenvalue weighted by Crippen LogP contribution is 2.03. The lowest BCUT2D eigenvalue weighted by molar-refractivity contribution is 0.292. The largest absolute Gasteiger partial charge is 0.395 e. The molecule has 0 amide bonds. The van der Waals surface area contributed by atoms with Crippen molar-refractivity contribution in [2.45, 2.75) is 45.4 Å². The fraction of sp³-hybridized carbons (Fsp3) is 1.00. The zero-order chi connectivity index (χ0) is 9.07. The second kappa shape index (κ2) is 10.9. The van der Waals surface area contributed by atoms with E-state index in [0.717, 1.165) is 13.1 Å². The van der Waals surface area contributed by atoms with Crippen molar-refractivity contribution >= 4 is 0 Å². The van der Waals surface area contributed by atoms with Crippen molar-refractivity contribution in [1.29, 1.82) is 0 Å². The van der Waals surface area contributed by atoms with E-state index in [9.17, 15) is 0 Å². The molecule has 0 aliphatic rings. The van der Waals surface area contributed by atoms with E-state index in [4.69, 9.17) is 5.11 Å². The van der Waals surface area contributed by atoms with Crippen molar-refractivity contribution in [3.8, 4) is 0 Å². The van der Waals surface area contributed by atoms with Gasteiger partial charge in [-0.25, -0.2) is 0 Å². The highest BCUT2D eigenvalue weighted by Gasteiger charge is 1.89. The van der Waals surface area contributed by atoms with E-state index in [1.54, 1.807) is 0 Å². The molecule has 0 aromatic carbocycles. The molecule has 0 unspecified atom stereocenters. The van der Waals surface area contributed by atoms with E-state index in [-0.39, 0.29) is 6.61 Å². The average molecular weight is 173 g/mol. The van der Waals surface area contributed by atoms with Crippen LogP contribution in [0.25, 0.3) is 0 Å². The lowest BCUT2D eigenvalue weighted by Gasteiger charge is -2.01. The summed E-state index contributed by atoms with van der Waals surface area (Å²) >= 11 is 0. The number of aliphatic hydroxyl groups excluding tert-OH is 1. The van der Waals surface area contributed by atoms with E-state index >= 15 is 0 Å². The predicted molar refractivity (Wildman–Crippen MR) is 53.3 cm³/mol. The Morgan fingerprint density at radius 2 is 1.58 bits per heavy atom. The van der Waals surface area contributed by atoms with Crippen molar-refractivity contribution in [2.24, 2.45) is 0 Å². The van der Waals surface area contributed by atoms with Crippen LogP contribution in [0.1, 0.15) is 45.4 Å². The van der Waals surface area contributed by atoms with Gasteiger partial charge in [0.1, 0.15) is 0 Å². The molecule has 0 saturated carbocycles. The van der Waals surface area contributed by atoms with Gasteiger partial charge in [-0.05, 0) is 13.0 Å². The van der Waals surface area contributed by atoms with E-state index in [1.807, 2.05) is 0 Å². The molecular formula is C10H23NO. The van der Waals surface area contributed by atoms with Gasteiger partial charge in [-0.3, -0.25) is 0 Å². The van der Waals surface area contributed by atoms with Crippen LogP contribution in [0, 0.1) is 0 Å². The van der Waals surface area contributed by atoms with Crippen molar-refractivity contribution in [2.75, 3.05) is 19.7 Å². The molecule has 2 nitrogen and oxygen atoms in total. The molecule has 12 heavy (non-hydrogen) atoms. The highest BCUT2D eigenvalue weighted by molar-refractivity contribution is 4.48. The Balaban J connectivity index is 2.73. The summed E-state index contributed by atoms with van der Waals surface area (Å²) in [6.45, 7) is 4.31. The van der Waals surface area contributed by atoms with Crippen LogP contribution in [0.2, 0.25) is 0 Å². The summed E-state index contributed by atoms with van der Waals surface area (Å²) < 4.78 is 0. The van der Waals surface area contributed by atoms with Crippen LogP contribution in [-0.4, -0.2) is 24.8 Å². The second-order valence-corrected chi connectivity index (χ2v) is 3.24. The monoisotopic (exact) mass is 173 g/mol. The molecule has 0 atom stereocenters. The third kappa shape index (κ3) is 9.92. The summed E-state index contributed by atoms with van der Waals surface area (Å²) in [6, 6.07) is 0. The molecule has 2 heteroatoms. The summed E-state index contributed by atoms with van der Waals surface area (Å²) in [5, 5.41) is 11.7.